The highest BCUT2D eigenvalue weighted by Gasteiger charge is 2.26. The van der Waals surface area contributed by atoms with Gasteiger partial charge in [-0.3, -0.25) is 9.59 Å². The van der Waals surface area contributed by atoms with Gasteiger partial charge in [0.05, 0.1) is 17.5 Å². The first-order valence-electron chi connectivity index (χ1n) is 5.78. The second kappa shape index (κ2) is 5.95. The summed E-state index contributed by atoms with van der Waals surface area (Å²) in [5.41, 5.74) is 5.51. The summed E-state index contributed by atoms with van der Waals surface area (Å²) in [5, 5.41) is 5.35. The van der Waals surface area contributed by atoms with Crippen LogP contribution in [0.1, 0.15) is 26.7 Å². The monoisotopic (exact) mass is 257 g/mol. The standard InChI is InChI=1S/C11H19N3O2S/c1-6(2)9(10(12)17)11(16)13-5-8(15)14-7-3-4-7/h6-7,9H,3-5H2,1-2H3,(H2,12,17)(H,13,16)(H,14,15). The number of nitrogens with two attached hydrogens (primary N) is 1. The van der Waals surface area contributed by atoms with Crippen molar-refractivity contribution in [2.24, 2.45) is 17.6 Å². The number of hydrogen-bond donors (Lipinski definition) is 3. The molecule has 1 aliphatic rings. The molecule has 0 aromatic carbocycles. The van der Waals surface area contributed by atoms with Gasteiger partial charge in [-0.1, -0.05) is 26.1 Å². The average Bonchev–Trinajstić information content (AvgIpc) is 2.97. The topological polar surface area (TPSA) is 84.2 Å². The van der Waals surface area contributed by atoms with Crippen LogP contribution >= 0.6 is 12.2 Å². The van der Waals surface area contributed by atoms with Gasteiger partial charge in [-0.2, -0.15) is 0 Å². The highest BCUT2D eigenvalue weighted by Crippen LogP contribution is 2.18. The molecule has 2 amide bonds. The van der Waals surface area contributed by atoms with Crippen molar-refractivity contribution in [1.29, 1.82) is 0 Å². The summed E-state index contributed by atoms with van der Waals surface area (Å²) in [6.45, 7) is 3.72. The average molecular weight is 257 g/mol. The molecule has 0 aliphatic heterocycles. The van der Waals surface area contributed by atoms with Gasteiger partial charge in [-0.05, 0) is 18.8 Å². The molecule has 17 heavy (non-hydrogen) atoms. The summed E-state index contributed by atoms with van der Waals surface area (Å²) < 4.78 is 0. The Labute approximate surface area is 107 Å². The highest BCUT2D eigenvalue weighted by atomic mass is 32.1. The van der Waals surface area contributed by atoms with E-state index in [1.54, 1.807) is 0 Å². The molecule has 0 saturated heterocycles. The van der Waals surface area contributed by atoms with Crippen molar-refractivity contribution in [2.75, 3.05) is 6.54 Å². The van der Waals surface area contributed by atoms with Gasteiger partial charge in [-0.25, -0.2) is 0 Å². The number of carbonyl (C=O) groups excluding carboxylic acids is 2. The molecule has 0 radical (unpaired) electrons. The van der Waals surface area contributed by atoms with Crippen LogP contribution in [0.2, 0.25) is 0 Å². The number of nitrogens with one attached hydrogen (secondary N) is 2. The summed E-state index contributed by atoms with van der Waals surface area (Å²) >= 11 is 4.85. The number of rotatable bonds is 6. The summed E-state index contributed by atoms with van der Waals surface area (Å²) in [6, 6.07) is 0.302. The molecule has 1 saturated carbocycles. The van der Waals surface area contributed by atoms with Gasteiger partial charge in [0.1, 0.15) is 0 Å². The molecule has 1 rings (SSSR count). The third kappa shape index (κ3) is 4.68. The number of carbonyl (C=O) groups is 2. The van der Waals surface area contributed by atoms with E-state index in [1.807, 2.05) is 13.8 Å². The van der Waals surface area contributed by atoms with Gasteiger partial charge in [0.15, 0.2) is 0 Å². The van der Waals surface area contributed by atoms with E-state index in [1.165, 1.54) is 0 Å². The fourth-order valence-corrected chi connectivity index (χ4v) is 1.92. The molecule has 1 atom stereocenters. The van der Waals surface area contributed by atoms with Crippen LogP contribution in [0.4, 0.5) is 0 Å². The minimum Gasteiger partial charge on any atom is -0.393 e. The van der Waals surface area contributed by atoms with Crippen LogP contribution < -0.4 is 16.4 Å². The van der Waals surface area contributed by atoms with Crippen molar-refractivity contribution >= 4 is 29.0 Å². The van der Waals surface area contributed by atoms with Crippen LogP contribution in [-0.4, -0.2) is 29.4 Å². The molecule has 0 bridgehead atoms. The van der Waals surface area contributed by atoms with E-state index in [4.69, 9.17) is 18.0 Å². The van der Waals surface area contributed by atoms with Crippen LogP contribution in [0, 0.1) is 11.8 Å². The molecule has 5 nitrogen and oxygen atoms in total. The van der Waals surface area contributed by atoms with E-state index in [2.05, 4.69) is 10.6 Å². The Morgan fingerprint density at radius 1 is 1.41 bits per heavy atom. The van der Waals surface area contributed by atoms with E-state index in [9.17, 15) is 9.59 Å². The van der Waals surface area contributed by atoms with Crippen LogP contribution in [0.15, 0.2) is 0 Å². The van der Waals surface area contributed by atoms with E-state index < -0.39 is 5.92 Å². The van der Waals surface area contributed by atoms with Crippen molar-refractivity contribution in [3.8, 4) is 0 Å². The van der Waals surface area contributed by atoms with Gasteiger partial charge < -0.3 is 16.4 Å². The zero-order valence-electron chi connectivity index (χ0n) is 10.2. The summed E-state index contributed by atoms with van der Waals surface area (Å²) in [4.78, 5) is 23.3. The van der Waals surface area contributed by atoms with Crippen molar-refractivity contribution in [3.63, 3.8) is 0 Å². The number of thiocarbonyl (C=S) groups is 1. The third-order valence-corrected chi connectivity index (χ3v) is 2.88. The fraction of sp³-hybridized carbons (Fsp3) is 0.727. The Kier molecular flexibility index (Phi) is 4.86. The summed E-state index contributed by atoms with van der Waals surface area (Å²) in [7, 11) is 0. The predicted octanol–water partition coefficient (Wildman–Crippen LogP) is -0.0605. The first kappa shape index (κ1) is 13.9. The van der Waals surface area contributed by atoms with Gasteiger partial charge in [0.25, 0.3) is 0 Å². The largest absolute Gasteiger partial charge is 0.393 e. The first-order chi connectivity index (χ1) is 7.91. The lowest BCUT2D eigenvalue weighted by atomic mass is 9.95. The normalized spacial score (nSPS) is 16.4. The maximum atomic E-state index is 11.8. The molecule has 96 valence electrons. The molecular formula is C11H19N3O2S. The second-order valence-electron chi connectivity index (χ2n) is 4.68. The maximum Gasteiger partial charge on any atom is 0.239 e. The molecule has 0 spiro atoms. The Bertz CT molecular complexity index is 327. The summed E-state index contributed by atoms with van der Waals surface area (Å²) in [5.74, 6) is -0.928. The molecule has 0 heterocycles. The van der Waals surface area contributed by atoms with E-state index >= 15 is 0 Å². The molecule has 1 aliphatic carbocycles. The minimum absolute atomic E-state index is 0.0127. The van der Waals surface area contributed by atoms with E-state index in [0.29, 0.717) is 6.04 Å². The second-order valence-corrected chi connectivity index (χ2v) is 5.16. The van der Waals surface area contributed by atoms with Gasteiger partial charge in [-0.15, -0.1) is 0 Å². The Hall–Kier alpha value is -1.17. The Balaban J connectivity index is 2.35. The van der Waals surface area contributed by atoms with Crippen molar-refractivity contribution in [2.45, 2.75) is 32.7 Å². The van der Waals surface area contributed by atoms with Crippen molar-refractivity contribution in [1.82, 2.24) is 10.6 Å². The summed E-state index contributed by atoms with van der Waals surface area (Å²) in [6.07, 6.45) is 2.06. The van der Waals surface area contributed by atoms with Crippen molar-refractivity contribution < 1.29 is 9.59 Å². The lowest BCUT2D eigenvalue weighted by molar-refractivity contribution is -0.127. The molecule has 1 fully saturated rings. The molecule has 0 aromatic heterocycles. The lowest BCUT2D eigenvalue weighted by Crippen LogP contribution is -2.44. The highest BCUT2D eigenvalue weighted by molar-refractivity contribution is 7.80. The van der Waals surface area contributed by atoms with E-state index in [-0.39, 0.29) is 29.3 Å². The first-order valence-corrected chi connectivity index (χ1v) is 6.19. The molecule has 4 N–H and O–H groups in total. The molecule has 1 unspecified atom stereocenters. The minimum atomic E-state index is -0.515. The van der Waals surface area contributed by atoms with E-state index in [0.717, 1.165) is 12.8 Å². The zero-order chi connectivity index (χ0) is 13.0. The Morgan fingerprint density at radius 3 is 2.41 bits per heavy atom. The predicted molar refractivity (Wildman–Crippen MR) is 69.3 cm³/mol. The SMILES string of the molecule is CC(C)C(C(=O)NCC(=O)NC1CC1)C(N)=S. The van der Waals surface area contributed by atoms with Crippen LogP contribution in [0.3, 0.4) is 0 Å². The maximum absolute atomic E-state index is 11.8. The van der Waals surface area contributed by atoms with Gasteiger partial charge >= 0.3 is 0 Å². The van der Waals surface area contributed by atoms with Crippen molar-refractivity contribution in [3.05, 3.63) is 0 Å². The zero-order valence-corrected chi connectivity index (χ0v) is 11.0. The Morgan fingerprint density at radius 2 is 2.00 bits per heavy atom. The van der Waals surface area contributed by atoms with Crippen LogP contribution in [-0.2, 0) is 9.59 Å². The van der Waals surface area contributed by atoms with Gasteiger partial charge in [0.2, 0.25) is 11.8 Å². The third-order valence-electron chi connectivity index (χ3n) is 2.62. The quantitative estimate of drug-likeness (QED) is 0.582. The van der Waals surface area contributed by atoms with Crippen LogP contribution in [0.5, 0.6) is 0 Å². The number of amides is 2. The lowest BCUT2D eigenvalue weighted by Gasteiger charge is -2.18. The number of hydrogen-bond acceptors (Lipinski definition) is 3. The molecular weight excluding hydrogens is 238 g/mol. The molecule has 6 heteroatoms. The molecule has 0 aromatic rings. The van der Waals surface area contributed by atoms with Gasteiger partial charge in [0, 0.05) is 6.04 Å². The fourth-order valence-electron chi connectivity index (χ4n) is 1.54. The van der Waals surface area contributed by atoms with Crippen LogP contribution in [0.25, 0.3) is 0 Å². The smallest absolute Gasteiger partial charge is 0.239 e.